The fraction of sp³-hybridized carbons (Fsp3) is 0.226. The zero-order valence-electron chi connectivity index (χ0n) is 68.4. The molecule has 0 aliphatic carbocycles. The number of benzene rings is 6. The topological polar surface area (TPSA) is 328 Å². The molecule has 27 nitrogen and oxygen atoms in total. The Labute approximate surface area is 706 Å². The van der Waals surface area contributed by atoms with Crippen LogP contribution < -0.4 is 30.2 Å². The Hall–Kier alpha value is -15.0. The van der Waals surface area contributed by atoms with E-state index in [1.54, 1.807) is 175 Å². The van der Waals surface area contributed by atoms with Crippen molar-refractivity contribution >= 4 is 69.9 Å². The molecule has 123 heavy (non-hydrogen) atoms. The van der Waals surface area contributed by atoms with Gasteiger partial charge in [0.2, 0.25) is 0 Å². The molecule has 6 N–H and O–H groups in total. The quantitative estimate of drug-likeness (QED) is 0.0261. The smallest absolute Gasteiger partial charge is 0.276 e. The maximum absolute atomic E-state index is 13.7. The molecule has 6 aromatic heterocycles. The molecule has 3 atom stereocenters. The average Bonchev–Trinajstić information content (AvgIpc) is 1.63. The van der Waals surface area contributed by atoms with E-state index in [9.17, 15) is 56.3 Å². The fourth-order valence-electron chi connectivity index (χ4n) is 15.6. The van der Waals surface area contributed by atoms with Gasteiger partial charge in [-0.2, -0.15) is 15.3 Å². The van der Waals surface area contributed by atoms with Crippen LogP contribution in [0.25, 0.3) is 0 Å². The van der Waals surface area contributed by atoms with E-state index >= 15 is 0 Å². The summed E-state index contributed by atoms with van der Waals surface area (Å²) in [4.78, 5) is 131. The van der Waals surface area contributed by atoms with Gasteiger partial charge in [0.15, 0.2) is 34.4 Å². The fourth-order valence-corrected chi connectivity index (χ4v) is 15.6. The highest BCUT2D eigenvalue weighted by Gasteiger charge is 2.39. The predicted molar refractivity (Wildman–Crippen MR) is 455 cm³/mol. The molecule has 3 aliphatic rings. The second-order valence-corrected chi connectivity index (χ2v) is 30.0. The second kappa shape index (κ2) is 38.4. The highest BCUT2D eigenvalue weighted by molar-refractivity contribution is 6.07. The first-order valence-corrected chi connectivity index (χ1v) is 39.5. The Bertz CT molecular complexity index is 5400. The van der Waals surface area contributed by atoms with Gasteiger partial charge >= 0.3 is 0 Å². The van der Waals surface area contributed by atoms with Gasteiger partial charge in [-0.25, -0.2) is 13.2 Å². The summed E-state index contributed by atoms with van der Waals surface area (Å²) in [5.74, 6) is -2.22. The molecular formula is C93H90F3N15O12. The van der Waals surface area contributed by atoms with E-state index in [0.717, 1.165) is 33.8 Å². The van der Waals surface area contributed by atoms with E-state index in [1.807, 2.05) is 20.8 Å². The van der Waals surface area contributed by atoms with Crippen molar-refractivity contribution in [2.24, 2.45) is 0 Å². The van der Waals surface area contributed by atoms with Crippen molar-refractivity contribution in [1.82, 2.24) is 59.0 Å². The molecule has 30 heteroatoms. The Morgan fingerprint density at radius 3 is 0.886 bits per heavy atom. The standard InChI is InChI=1S/3C31H30FN5O4/c3*1-4-24(38)15-21-14-23(11-12-27(21)41-3)34-30(39)28-25-18-36(31(40)26-6-5-13-33-26)16-19(2)29(25)37(35-28)17-20-7-9-22(32)10-8-20/h3*4-14,19,33H,1,15-18H2,2-3H3,(H,34,39)/t2*19-;/m10./s1. The first kappa shape index (κ1) is 85.9. The number of H-pyrrole nitrogens is 3. The largest absolute Gasteiger partial charge is 0.496 e. The lowest BCUT2D eigenvalue weighted by Crippen LogP contribution is -2.38. The molecular weight excluding hydrogens is 1580 g/mol. The second-order valence-electron chi connectivity index (χ2n) is 30.0. The molecule has 0 saturated heterocycles. The van der Waals surface area contributed by atoms with E-state index < -0.39 is 17.7 Å². The van der Waals surface area contributed by atoms with Gasteiger partial charge in [0.05, 0.1) is 60.6 Å². The van der Waals surface area contributed by atoms with Gasteiger partial charge in [0.25, 0.3) is 35.4 Å². The van der Waals surface area contributed by atoms with Crippen LogP contribution in [-0.4, -0.2) is 153 Å². The molecule has 0 bridgehead atoms. The van der Waals surface area contributed by atoms with E-state index in [-0.39, 0.29) is 126 Å². The SMILES string of the molecule is C=CC(=O)Cc1cc(NC(=O)c2nn(Cc3ccc(F)cc3)c3c2CN(C(=O)c2ccc[nH]2)CC3C)ccc1OC.C=CC(=O)Cc1cc(NC(=O)c2nn(Cc3ccc(F)cc3)c3c2CN(C(=O)c2ccc[nH]2)C[C@@H]3C)ccc1OC.C=CC(=O)Cc1cc(NC(=O)c2nn(Cc3ccc(F)cc3)c3c2CN(C(=O)c2ccc[nH]2)C[C@H]3C)ccc1OC. The molecule has 15 rings (SSSR count). The highest BCUT2D eigenvalue weighted by Crippen LogP contribution is 2.38. The summed E-state index contributed by atoms with van der Waals surface area (Å²) >= 11 is 0. The maximum atomic E-state index is 13.7. The third-order valence-electron chi connectivity index (χ3n) is 21.3. The molecule has 0 saturated carbocycles. The lowest BCUT2D eigenvalue weighted by molar-refractivity contribution is -0.114. The number of methoxy groups -OCH3 is 3. The van der Waals surface area contributed by atoms with Gasteiger partial charge in [-0.1, -0.05) is 76.9 Å². The van der Waals surface area contributed by atoms with Gasteiger partial charge in [-0.05, 0) is 162 Å². The van der Waals surface area contributed by atoms with Crippen molar-refractivity contribution in [3.05, 3.63) is 339 Å². The van der Waals surface area contributed by atoms with Crippen molar-refractivity contribution in [2.75, 3.05) is 56.9 Å². The van der Waals surface area contributed by atoms with Crippen LogP contribution in [0.3, 0.4) is 0 Å². The zero-order valence-corrected chi connectivity index (χ0v) is 68.4. The van der Waals surface area contributed by atoms with E-state index in [4.69, 9.17) is 29.5 Å². The minimum absolute atomic E-state index is 0.0748. The number of aromatic amines is 3. The highest BCUT2D eigenvalue weighted by atomic mass is 19.1. The first-order valence-electron chi connectivity index (χ1n) is 39.5. The molecule has 1 unspecified atom stereocenters. The molecule has 3 aliphatic heterocycles. The summed E-state index contributed by atoms with van der Waals surface area (Å²) in [6, 6.07) is 44.0. The molecule has 12 aromatic rings. The lowest BCUT2D eigenvalue weighted by Gasteiger charge is -2.32. The summed E-state index contributed by atoms with van der Waals surface area (Å²) in [5, 5.41) is 22.8. The Balaban J connectivity index is 0.000000159. The molecule has 0 fully saturated rings. The molecule has 9 heterocycles. The van der Waals surface area contributed by atoms with Crippen LogP contribution in [0.4, 0.5) is 30.2 Å². The molecule has 630 valence electrons. The number of fused-ring (bicyclic) bond motifs is 3. The van der Waals surface area contributed by atoms with Crippen LogP contribution in [-0.2, 0) is 72.9 Å². The van der Waals surface area contributed by atoms with Crippen LogP contribution in [0.1, 0.15) is 169 Å². The number of halogens is 3. The summed E-state index contributed by atoms with van der Waals surface area (Å²) < 4.78 is 62.0. The molecule has 6 amide bonds. The normalized spacial score (nSPS) is 14.3. The van der Waals surface area contributed by atoms with Gasteiger partial charge in [-0.3, -0.25) is 57.2 Å². The molecule has 0 spiro atoms. The summed E-state index contributed by atoms with van der Waals surface area (Å²) in [6.45, 7) is 19.5. The van der Waals surface area contributed by atoms with Crippen LogP contribution in [0.5, 0.6) is 17.2 Å². The zero-order chi connectivity index (χ0) is 87.3. The average molecular weight is 1670 g/mol. The van der Waals surface area contributed by atoms with E-state index in [1.165, 1.54) is 76.0 Å². The van der Waals surface area contributed by atoms with Crippen molar-refractivity contribution in [3.8, 4) is 17.2 Å². The number of carbonyl (C=O) groups is 9. The number of aromatic nitrogens is 9. The maximum Gasteiger partial charge on any atom is 0.276 e. The number of anilines is 3. The number of allylic oxidation sites excluding steroid dienone is 3. The number of hydrogen-bond acceptors (Lipinski definition) is 15. The third kappa shape index (κ3) is 20.0. The third-order valence-corrected chi connectivity index (χ3v) is 21.3. The summed E-state index contributed by atoms with van der Waals surface area (Å²) in [5.41, 5.74) is 12.2. The Kier molecular flexibility index (Phi) is 26.8. The van der Waals surface area contributed by atoms with E-state index in [0.29, 0.717) is 124 Å². The molecule has 0 radical (unpaired) electrons. The number of hydrogen-bond donors (Lipinski definition) is 6. The number of nitrogens with one attached hydrogen (secondary N) is 6. The minimum Gasteiger partial charge on any atom is -0.496 e. The number of rotatable bonds is 27. The number of nitrogens with zero attached hydrogens (tertiary/aromatic N) is 9. The number of ketones is 3. The minimum atomic E-state index is -0.452. The van der Waals surface area contributed by atoms with Crippen molar-refractivity contribution in [2.45, 2.75) is 97.1 Å². The molecule has 6 aromatic carbocycles. The number of ether oxygens (including phenoxy) is 3. The van der Waals surface area contributed by atoms with Crippen molar-refractivity contribution < 1.29 is 70.5 Å². The first-order chi connectivity index (χ1) is 59.3. The van der Waals surface area contributed by atoms with E-state index in [2.05, 4.69) is 50.6 Å². The summed E-state index contributed by atoms with van der Waals surface area (Å²) in [7, 11) is 4.53. The van der Waals surface area contributed by atoms with Crippen LogP contribution in [0.15, 0.2) is 220 Å². The van der Waals surface area contributed by atoms with Crippen LogP contribution >= 0.6 is 0 Å². The van der Waals surface area contributed by atoms with Crippen LogP contribution in [0, 0.1) is 17.5 Å². The number of carbonyl (C=O) groups excluding carboxylic acids is 9. The summed E-state index contributed by atoms with van der Waals surface area (Å²) in [6.07, 6.45) is 9.03. The van der Waals surface area contributed by atoms with Gasteiger partial charge in [0, 0.05) is 143 Å². The Morgan fingerprint density at radius 2 is 0.659 bits per heavy atom. The monoisotopic (exact) mass is 1670 g/mol. The van der Waals surface area contributed by atoms with Gasteiger partial charge in [-0.15, -0.1) is 0 Å². The van der Waals surface area contributed by atoms with Gasteiger partial charge < -0.3 is 59.8 Å². The van der Waals surface area contributed by atoms with Gasteiger partial charge in [0.1, 0.15) is 51.8 Å². The Morgan fingerprint density at radius 1 is 0.398 bits per heavy atom. The lowest BCUT2D eigenvalue weighted by atomic mass is 9.95. The number of amides is 6. The van der Waals surface area contributed by atoms with Crippen LogP contribution in [0.2, 0.25) is 0 Å². The van der Waals surface area contributed by atoms with Crippen molar-refractivity contribution in [1.29, 1.82) is 0 Å². The predicted octanol–water partition coefficient (Wildman–Crippen LogP) is 14.1. The van der Waals surface area contributed by atoms with Crippen molar-refractivity contribution in [3.63, 3.8) is 0 Å².